The van der Waals surface area contributed by atoms with Gasteiger partial charge in [0.25, 0.3) is 0 Å². The topological polar surface area (TPSA) is 95.6 Å². The zero-order valence-corrected chi connectivity index (χ0v) is 10.0. The lowest BCUT2D eigenvalue weighted by atomic mass is 10.1. The van der Waals surface area contributed by atoms with E-state index in [2.05, 4.69) is 22.0 Å². The summed E-state index contributed by atoms with van der Waals surface area (Å²) < 4.78 is 1.77. The highest BCUT2D eigenvalue weighted by molar-refractivity contribution is 5.65. The molecule has 0 aromatic carbocycles. The Hall–Kier alpha value is -2.11. The van der Waals surface area contributed by atoms with E-state index in [1.807, 2.05) is 13.2 Å². The minimum Gasteiger partial charge on any atom is -0.384 e. The van der Waals surface area contributed by atoms with E-state index < -0.39 is 0 Å². The van der Waals surface area contributed by atoms with Crippen molar-refractivity contribution in [2.75, 3.05) is 11.5 Å². The molecule has 0 saturated carbocycles. The molecule has 4 N–H and O–H groups in total. The molecule has 0 amide bonds. The smallest absolute Gasteiger partial charge is 0.222 e. The fourth-order valence-electron chi connectivity index (χ4n) is 1.79. The van der Waals surface area contributed by atoms with Crippen molar-refractivity contribution in [3.05, 3.63) is 18.0 Å². The average molecular weight is 232 g/mol. The molecule has 2 aromatic rings. The summed E-state index contributed by atoms with van der Waals surface area (Å²) in [5, 5.41) is 4.41. The summed E-state index contributed by atoms with van der Waals surface area (Å²) in [7, 11) is 1.89. The normalized spacial score (nSPS) is 10.7. The first kappa shape index (κ1) is 11.4. The van der Waals surface area contributed by atoms with Gasteiger partial charge in [0.05, 0.1) is 11.4 Å². The third kappa shape index (κ3) is 2.35. The molecular formula is C11H16N6. The highest BCUT2D eigenvalue weighted by atomic mass is 15.3. The number of hydrogen-bond acceptors (Lipinski definition) is 5. The van der Waals surface area contributed by atoms with Gasteiger partial charge < -0.3 is 11.5 Å². The largest absolute Gasteiger partial charge is 0.384 e. The van der Waals surface area contributed by atoms with Gasteiger partial charge in [0, 0.05) is 24.9 Å². The SMILES string of the molecule is CCCc1nn(C)cc1-c1cc(N)nc(N)n1. The van der Waals surface area contributed by atoms with Crippen LogP contribution in [0.2, 0.25) is 0 Å². The molecular weight excluding hydrogens is 216 g/mol. The molecule has 0 spiro atoms. The van der Waals surface area contributed by atoms with Crippen LogP contribution in [-0.4, -0.2) is 19.7 Å². The number of anilines is 2. The van der Waals surface area contributed by atoms with Gasteiger partial charge in [-0.05, 0) is 6.42 Å². The van der Waals surface area contributed by atoms with Gasteiger partial charge in [-0.1, -0.05) is 13.3 Å². The molecule has 0 unspecified atom stereocenters. The predicted molar refractivity (Wildman–Crippen MR) is 67.1 cm³/mol. The Morgan fingerprint density at radius 3 is 2.71 bits per heavy atom. The van der Waals surface area contributed by atoms with Crippen LogP contribution in [-0.2, 0) is 13.5 Å². The van der Waals surface area contributed by atoms with Crippen molar-refractivity contribution in [2.24, 2.45) is 7.05 Å². The Balaban J connectivity index is 2.51. The minimum atomic E-state index is 0.186. The van der Waals surface area contributed by atoms with Gasteiger partial charge in [0.2, 0.25) is 5.95 Å². The molecule has 0 fully saturated rings. The van der Waals surface area contributed by atoms with E-state index in [0.29, 0.717) is 5.82 Å². The molecule has 6 nitrogen and oxygen atoms in total. The van der Waals surface area contributed by atoms with Crippen molar-refractivity contribution in [3.63, 3.8) is 0 Å². The summed E-state index contributed by atoms with van der Waals surface area (Å²) in [6.45, 7) is 2.11. The zero-order chi connectivity index (χ0) is 12.4. The minimum absolute atomic E-state index is 0.186. The van der Waals surface area contributed by atoms with E-state index in [4.69, 9.17) is 11.5 Å². The highest BCUT2D eigenvalue weighted by Crippen LogP contribution is 2.23. The van der Waals surface area contributed by atoms with Crippen molar-refractivity contribution in [1.82, 2.24) is 19.7 Å². The molecule has 0 saturated heterocycles. The number of aryl methyl sites for hydroxylation is 2. The monoisotopic (exact) mass is 232 g/mol. The summed E-state index contributed by atoms with van der Waals surface area (Å²) in [6, 6.07) is 1.71. The van der Waals surface area contributed by atoms with Gasteiger partial charge in [0.1, 0.15) is 5.82 Å². The molecule has 0 aliphatic carbocycles. The maximum absolute atomic E-state index is 5.67. The van der Waals surface area contributed by atoms with Crippen LogP contribution in [0.3, 0.4) is 0 Å². The van der Waals surface area contributed by atoms with Gasteiger partial charge in [-0.25, -0.2) is 4.98 Å². The second-order valence-electron chi connectivity index (χ2n) is 3.95. The second-order valence-corrected chi connectivity index (χ2v) is 3.95. The molecule has 2 heterocycles. The lowest BCUT2D eigenvalue weighted by Gasteiger charge is -2.02. The Kier molecular flexibility index (Phi) is 2.95. The van der Waals surface area contributed by atoms with Crippen molar-refractivity contribution in [1.29, 1.82) is 0 Å². The molecule has 0 radical (unpaired) electrons. The quantitative estimate of drug-likeness (QED) is 0.822. The second kappa shape index (κ2) is 4.40. The number of rotatable bonds is 3. The standard InChI is InChI=1S/C11H16N6/c1-3-4-8-7(6-17(2)16-8)9-5-10(12)15-11(13)14-9/h5-6H,3-4H2,1-2H3,(H4,12,13,14,15). The van der Waals surface area contributed by atoms with Crippen LogP contribution < -0.4 is 11.5 Å². The number of hydrogen-bond donors (Lipinski definition) is 2. The van der Waals surface area contributed by atoms with E-state index in [1.54, 1.807) is 10.7 Å². The summed E-state index contributed by atoms with van der Waals surface area (Å²) >= 11 is 0. The molecule has 2 aromatic heterocycles. The van der Waals surface area contributed by atoms with Gasteiger partial charge in [0.15, 0.2) is 0 Å². The molecule has 0 atom stereocenters. The summed E-state index contributed by atoms with van der Waals surface area (Å²) in [5.74, 6) is 0.560. The number of nitrogens with two attached hydrogens (primary N) is 2. The first-order chi connectivity index (χ1) is 8.10. The Labute approximate surface area is 99.7 Å². The maximum Gasteiger partial charge on any atom is 0.222 e. The molecule has 6 heteroatoms. The average Bonchev–Trinajstić information content (AvgIpc) is 2.58. The van der Waals surface area contributed by atoms with Crippen LogP contribution in [0, 0.1) is 0 Å². The van der Waals surface area contributed by atoms with E-state index in [-0.39, 0.29) is 5.95 Å². The van der Waals surface area contributed by atoms with Crippen LogP contribution in [0.15, 0.2) is 12.3 Å². The zero-order valence-electron chi connectivity index (χ0n) is 10.0. The number of nitrogens with zero attached hydrogens (tertiary/aromatic N) is 4. The van der Waals surface area contributed by atoms with E-state index in [0.717, 1.165) is 29.8 Å². The van der Waals surface area contributed by atoms with Gasteiger partial charge in [-0.2, -0.15) is 10.1 Å². The van der Waals surface area contributed by atoms with Crippen LogP contribution in [0.1, 0.15) is 19.0 Å². The van der Waals surface area contributed by atoms with Gasteiger partial charge in [-0.3, -0.25) is 4.68 Å². The fraction of sp³-hybridized carbons (Fsp3) is 0.364. The van der Waals surface area contributed by atoms with E-state index >= 15 is 0 Å². The summed E-state index contributed by atoms with van der Waals surface area (Å²) in [6.07, 6.45) is 3.85. The molecule has 0 aliphatic heterocycles. The predicted octanol–water partition coefficient (Wildman–Crippen LogP) is 0.994. The van der Waals surface area contributed by atoms with E-state index in [9.17, 15) is 0 Å². The molecule has 2 rings (SSSR count). The highest BCUT2D eigenvalue weighted by Gasteiger charge is 2.11. The molecule has 0 aliphatic rings. The first-order valence-electron chi connectivity index (χ1n) is 5.53. The van der Waals surface area contributed by atoms with Crippen LogP contribution in [0.4, 0.5) is 11.8 Å². The van der Waals surface area contributed by atoms with Crippen LogP contribution >= 0.6 is 0 Å². The third-order valence-corrected chi connectivity index (χ3v) is 2.43. The van der Waals surface area contributed by atoms with Crippen molar-refractivity contribution in [2.45, 2.75) is 19.8 Å². The summed E-state index contributed by atoms with van der Waals surface area (Å²) in [5.41, 5.74) is 14.0. The molecule has 90 valence electrons. The summed E-state index contributed by atoms with van der Waals surface area (Å²) in [4.78, 5) is 8.05. The third-order valence-electron chi connectivity index (χ3n) is 2.43. The van der Waals surface area contributed by atoms with Gasteiger partial charge >= 0.3 is 0 Å². The lowest BCUT2D eigenvalue weighted by molar-refractivity contribution is 0.733. The van der Waals surface area contributed by atoms with Crippen LogP contribution in [0.25, 0.3) is 11.3 Å². The number of nitrogen functional groups attached to an aromatic ring is 2. The fourth-order valence-corrected chi connectivity index (χ4v) is 1.79. The lowest BCUT2D eigenvalue weighted by Crippen LogP contribution is -2.01. The Morgan fingerprint density at radius 1 is 1.29 bits per heavy atom. The Bertz CT molecular complexity index is 511. The first-order valence-corrected chi connectivity index (χ1v) is 5.53. The number of aromatic nitrogens is 4. The van der Waals surface area contributed by atoms with Crippen molar-refractivity contribution in [3.8, 4) is 11.3 Å². The van der Waals surface area contributed by atoms with Crippen LogP contribution in [0.5, 0.6) is 0 Å². The maximum atomic E-state index is 5.67. The van der Waals surface area contributed by atoms with Crippen molar-refractivity contribution >= 4 is 11.8 Å². The molecule has 0 bridgehead atoms. The van der Waals surface area contributed by atoms with E-state index in [1.165, 1.54) is 0 Å². The molecule has 17 heavy (non-hydrogen) atoms. The van der Waals surface area contributed by atoms with Gasteiger partial charge in [-0.15, -0.1) is 0 Å². The van der Waals surface area contributed by atoms with Crippen molar-refractivity contribution < 1.29 is 0 Å². The Morgan fingerprint density at radius 2 is 2.06 bits per heavy atom.